The second-order valence-corrected chi connectivity index (χ2v) is 5.23. The number of benzene rings is 1. The Bertz CT molecular complexity index is 537. The zero-order valence-electron chi connectivity index (χ0n) is 9.93. The quantitative estimate of drug-likeness (QED) is 0.740. The van der Waals surface area contributed by atoms with Gasteiger partial charge in [0.2, 0.25) is 0 Å². The van der Waals surface area contributed by atoms with Crippen LogP contribution in [0.5, 0.6) is 0 Å². The number of alkyl halides is 1. The Balaban J connectivity index is 1.83. The first-order valence-corrected chi connectivity index (χ1v) is 6.59. The number of rotatable bonds is 1. The summed E-state index contributed by atoms with van der Waals surface area (Å²) >= 11 is 6.04. The molecular weight excluding hydrogens is 250 g/mol. The highest BCUT2D eigenvalue weighted by atomic mass is 35.5. The van der Waals surface area contributed by atoms with E-state index in [-0.39, 0.29) is 11.3 Å². The van der Waals surface area contributed by atoms with Crippen LogP contribution in [0, 0.1) is 0 Å². The highest BCUT2D eigenvalue weighted by Crippen LogP contribution is 2.22. The molecule has 4 heteroatoms. The molecule has 0 atom stereocenters. The van der Waals surface area contributed by atoms with Crippen molar-refractivity contribution in [1.29, 1.82) is 0 Å². The monoisotopic (exact) mass is 263 g/mol. The van der Waals surface area contributed by atoms with Crippen LogP contribution in [0.25, 0.3) is 11.0 Å². The molecule has 0 radical (unpaired) electrons. The summed E-state index contributed by atoms with van der Waals surface area (Å²) in [6, 6.07) is 9.46. The largest absolute Gasteiger partial charge is 0.451 e. The first-order valence-electron chi connectivity index (χ1n) is 6.16. The number of carbonyl (C=O) groups is 1. The topological polar surface area (TPSA) is 33.5 Å². The van der Waals surface area contributed by atoms with Gasteiger partial charge in [-0.1, -0.05) is 18.2 Å². The fourth-order valence-corrected chi connectivity index (χ4v) is 2.49. The van der Waals surface area contributed by atoms with E-state index in [0.717, 1.165) is 23.8 Å². The lowest BCUT2D eigenvalue weighted by molar-refractivity contribution is 0.0696. The molecule has 2 heterocycles. The summed E-state index contributed by atoms with van der Waals surface area (Å²) in [6.07, 6.45) is 1.71. The van der Waals surface area contributed by atoms with E-state index >= 15 is 0 Å². The Morgan fingerprint density at radius 1 is 1.28 bits per heavy atom. The number of amides is 1. The molecule has 1 aliphatic heterocycles. The smallest absolute Gasteiger partial charge is 0.289 e. The van der Waals surface area contributed by atoms with Crippen LogP contribution in [0.1, 0.15) is 23.4 Å². The van der Waals surface area contributed by atoms with Gasteiger partial charge in [0, 0.05) is 23.9 Å². The molecule has 3 nitrogen and oxygen atoms in total. The number of hydrogen-bond acceptors (Lipinski definition) is 2. The lowest BCUT2D eigenvalue weighted by Gasteiger charge is -2.28. The van der Waals surface area contributed by atoms with Gasteiger partial charge in [0.25, 0.3) is 5.91 Å². The first kappa shape index (κ1) is 11.6. The van der Waals surface area contributed by atoms with Crippen molar-refractivity contribution in [2.45, 2.75) is 18.2 Å². The lowest BCUT2D eigenvalue weighted by atomic mass is 10.1. The Labute approximate surface area is 110 Å². The SMILES string of the molecule is O=C(c1cc2ccccc2o1)N1CCC(Cl)CC1. The summed E-state index contributed by atoms with van der Waals surface area (Å²) in [5, 5.41) is 1.16. The van der Waals surface area contributed by atoms with E-state index in [9.17, 15) is 4.79 Å². The summed E-state index contributed by atoms with van der Waals surface area (Å²) < 4.78 is 5.59. The predicted octanol–water partition coefficient (Wildman–Crippen LogP) is 3.28. The van der Waals surface area contributed by atoms with Gasteiger partial charge in [-0.25, -0.2) is 0 Å². The van der Waals surface area contributed by atoms with E-state index < -0.39 is 0 Å². The van der Waals surface area contributed by atoms with Gasteiger partial charge in [0.15, 0.2) is 5.76 Å². The number of piperidine rings is 1. The van der Waals surface area contributed by atoms with Crippen LogP contribution in [0.15, 0.2) is 34.7 Å². The van der Waals surface area contributed by atoms with Crippen molar-refractivity contribution in [1.82, 2.24) is 4.90 Å². The van der Waals surface area contributed by atoms with Crippen LogP contribution in [0.3, 0.4) is 0 Å². The van der Waals surface area contributed by atoms with Crippen molar-refractivity contribution in [3.8, 4) is 0 Å². The third-order valence-corrected chi connectivity index (χ3v) is 3.78. The Morgan fingerprint density at radius 3 is 2.72 bits per heavy atom. The average molecular weight is 264 g/mol. The summed E-state index contributed by atoms with van der Waals surface area (Å²) in [5.41, 5.74) is 0.757. The average Bonchev–Trinajstić information content (AvgIpc) is 2.82. The molecule has 2 aromatic rings. The molecule has 1 aromatic carbocycles. The molecule has 1 amide bonds. The molecule has 3 rings (SSSR count). The zero-order valence-corrected chi connectivity index (χ0v) is 10.7. The Kier molecular flexibility index (Phi) is 3.00. The number of furan rings is 1. The van der Waals surface area contributed by atoms with Gasteiger partial charge in [0.05, 0.1) is 0 Å². The van der Waals surface area contributed by atoms with E-state index in [0.29, 0.717) is 18.8 Å². The molecule has 1 aliphatic rings. The lowest BCUT2D eigenvalue weighted by Crippen LogP contribution is -2.38. The van der Waals surface area contributed by atoms with E-state index in [4.69, 9.17) is 16.0 Å². The molecule has 0 spiro atoms. The fraction of sp³-hybridized carbons (Fsp3) is 0.357. The van der Waals surface area contributed by atoms with Crippen molar-refractivity contribution in [3.05, 3.63) is 36.1 Å². The van der Waals surface area contributed by atoms with Crippen molar-refractivity contribution >= 4 is 28.5 Å². The standard InChI is InChI=1S/C14H14ClNO2/c15-11-5-7-16(8-6-11)14(17)13-9-10-3-1-2-4-12(10)18-13/h1-4,9,11H,5-8H2. The van der Waals surface area contributed by atoms with E-state index in [1.165, 1.54) is 0 Å². The number of hydrogen-bond donors (Lipinski definition) is 0. The fourth-order valence-electron chi connectivity index (χ4n) is 2.29. The number of para-hydroxylation sites is 1. The van der Waals surface area contributed by atoms with Gasteiger partial charge in [-0.15, -0.1) is 11.6 Å². The maximum atomic E-state index is 12.3. The molecule has 18 heavy (non-hydrogen) atoms. The molecule has 0 unspecified atom stereocenters. The third kappa shape index (κ3) is 2.10. The maximum absolute atomic E-state index is 12.3. The van der Waals surface area contributed by atoms with Crippen LogP contribution in [0.4, 0.5) is 0 Å². The molecule has 0 aliphatic carbocycles. The molecule has 0 N–H and O–H groups in total. The van der Waals surface area contributed by atoms with Gasteiger partial charge in [-0.2, -0.15) is 0 Å². The van der Waals surface area contributed by atoms with Crippen molar-refractivity contribution in [3.63, 3.8) is 0 Å². The van der Waals surface area contributed by atoms with Crippen LogP contribution in [0.2, 0.25) is 0 Å². The Morgan fingerprint density at radius 2 is 2.00 bits per heavy atom. The number of fused-ring (bicyclic) bond motifs is 1. The Hall–Kier alpha value is -1.48. The maximum Gasteiger partial charge on any atom is 0.289 e. The number of likely N-dealkylation sites (tertiary alicyclic amines) is 1. The van der Waals surface area contributed by atoms with E-state index in [1.54, 1.807) is 0 Å². The number of nitrogens with zero attached hydrogens (tertiary/aromatic N) is 1. The predicted molar refractivity (Wildman–Crippen MR) is 71.0 cm³/mol. The minimum atomic E-state index is -0.0326. The van der Waals surface area contributed by atoms with Crippen LogP contribution < -0.4 is 0 Å². The molecule has 0 bridgehead atoms. The minimum absolute atomic E-state index is 0.0326. The van der Waals surface area contributed by atoms with Crippen molar-refractivity contribution in [2.75, 3.05) is 13.1 Å². The molecule has 94 valence electrons. The van der Waals surface area contributed by atoms with E-state index in [1.807, 2.05) is 35.2 Å². The third-order valence-electron chi connectivity index (χ3n) is 3.35. The normalized spacial score (nSPS) is 17.3. The minimum Gasteiger partial charge on any atom is -0.451 e. The van der Waals surface area contributed by atoms with Gasteiger partial charge in [0.1, 0.15) is 5.58 Å². The molecule has 1 saturated heterocycles. The van der Waals surface area contributed by atoms with Crippen LogP contribution in [-0.4, -0.2) is 29.3 Å². The highest BCUT2D eigenvalue weighted by molar-refractivity contribution is 6.20. The number of carbonyl (C=O) groups excluding carboxylic acids is 1. The summed E-state index contributed by atoms with van der Waals surface area (Å²) in [4.78, 5) is 14.1. The van der Waals surface area contributed by atoms with Gasteiger partial charge >= 0.3 is 0 Å². The molecular formula is C14H14ClNO2. The van der Waals surface area contributed by atoms with Crippen LogP contribution >= 0.6 is 11.6 Å². The molecule has 0 saturated carbocycles. The summed E-state index contributed by atoms with van der Waals surface area (Å²) in [6.45, 7) is 1.42. The van der Waals surface area contributed by atoms with Gasteiger partial charge in [-0.05, 0) is 25.0 Å². The molecule has 1 fully saturated rings. The second kappa shape index (κ2) is 4.65. The summed E-state index contributed by atoms with van der Waals surface area (Å²) in [5.74, 6) is 0.388. The summed E-state index contributed by atoms with van der Waals surface area (Å²) in [7, 11) is 0. The van der Waals surface area contributed by atoms with Crippen LogP contribution in [-0.2, 0) is 0 Å². The van der Waals surface area contributed by atoms with Gasteiger partial charge in [-0.3, -0.25) is 4.79 Å². The van der Waals surface area contributed by atoms with Gasteiger partial charge < -0.3 is 9.32 Å². The highest BCUT2D eigenvalue weighted by Gasteiger charge is 2.24. The van der Waals surface area contributed by atoms with E-state index in [2.05, 4.69) is 0 Å². The number of halogens is 1. The first-order chi connectivity index (χ1) is 8.74. The van der Waals surface area contributed by atoms with Crippen molar-refractivity contribution < 1.29 is 9.21 Å². The zero-order chi connectivity index (χ0) is 12.5. The van der Waals surface area contributed by atoms with Crippen molar-refractivity contribution in [2.24, 2.45) is 0 Å². The molecule has 1 aromatic heterocycles. The second-order valence-electron chi connectivity index (χ2n) is 4.62.